The number of ether oxygens (including phenoxy) is 2. The quantitative estimate of drug-likeness (QED) is 0.764. The van der Waals surface area contributed by atoms with Crippen molar-refractivity contribution >= 4 is 30.0 Å². The van der Waals surface area contributed by atoms with Crippen LogP contribution in [0.4, 0.5) is 5.69 Å². The summed E-state index contributed by atoms with van der Waals surface area (Å²) in [5.74, 6) is 1.21. The number of anilines is 1. The van der Waals surface area contributed by atoms with Gasteiger partial charge >= 0.3 is 5.97 Å². The third-order valence-electron chi connectivity index (χ3n) is 5.49. The van der Waals surface area contributed by atoms with Gasteiger partial charge in [-0.15, -0.1) is 12.4 Å². The maximum atomic E-state index is 12.6. The second-order valence-corrected chi connectivity index (χ2v) is 7.08. The molecule has 2 bridgehead atoms. The van der Waals surface area contributed by atoms with E-state index in [9.17, 15) is 9.59 Å². The van der Waals surface area contributed by atoms with Crippen molar-refractivity contribution < 1.29 is 19.1 Å². The van der Waals surface area contributed by atoms with Gasteiger partial charge < -0.3 is 20.5 Å². The normalized spacial score (nSPS) is 27.0. The minimum atomic E-state index is -0.432. The zero-order valence-electron chi connectivity index (χ0n) is 15.0. The van der Waals surface area contributed by atoms with Crippen LogP contribution in [0, 0.1) is 17.8 Å². The van der Waals surface area contributed by atoms with Gasteiger partial charge in [0, 0.05) is 17.6 Å². The van der Waals surface area contributed by atoms with Crippen LogP contribution in [0.5, 0.6) is 5.75 Å². The van der Waals surface area contributed by atoms with Gasteiger partial charge in [0.15, 0.2) is 6.61 Å². The first kappa shape index (κ1) is 20.5. The number of rotatable bonds is 5. The van der Waals surface area contributed by atoms with Gasteiger partial charge in [-0.3, -0.25) is 4.79 Å². The molecule has 2 aliphatic rings. The number of nitrogens with two attached hydrogens (primary N) is 1. The lowest BCUT2D eigenvalue weighted by molar-refractivity contribution is -0.142. The first-order valence-electron chi connectivity index (χ1n) is 8.93. The highest BCUT2D eigenvalue weighted by molar-refractivity contribution is 5.92. The van der Waals surface area contributed by atoms with Crippen LogP contribution >= 0.6 is 12.4 Å². The number of esters is 1. The monoisotopic (exact) mass is 382 g/mol. The average Bonchev–Trinajstić information content (AvgIpc) is 2.60. The fourth-order valence-electron chi connectivity index (χ4n) is 4.08. The van der Waals surface area contributed by atoms with Crippen molar-refractivity contribution in [3.8, 4) is 5.75 Å². The Kier molecular flexibility index (Phi) is 7.29. The van der Waals surface area contributed by atoms with Crippen molar-refractivity contribution in [1.29, 1.82) is 0 Å². The van der Waals surface area contributed by atoms with Crippen molar-refractivity contribution in [2.45, 2.75) is 38.1 Å². The molecule has 1 aromatic carbocycles. The van der Waals surface area contributed by atoms with Gasteiger partial charge in [0.05, 0.1) is 7.11 Å². The molecule has 0 heterocycles. The molecule has 26 heavy (non-hydrogen) atoms. The van der Waals surface area contributed by atoms with Gasteiger partial charge in [0.1, 0.15) is 5.75 Å². The molecule has 3 N–H and O–H groups in total. The Labute approximate surface area is 160 Å². The Balaban J connectivity index is 0.00000243. The van der Waals surface area contributed by atoms with Crippen molar-refractivity contribution in [2.24, 2.45) is 23.5 Å². The van der Waals surface area contributed by atoms with Gasteiger partial charge in [-0.05, 0) is 61.8 Å². The summed E-state index contributed by atoms with van der Waals surface area (Å²) in [6.45, 7) is -0.132. The molecular formula is C19H27ClN2O4. The van der Waals surface area contributed by atoms with E-state index in [-0.39, 0.29) is 36.9 Å². The molecule has 2 atom stereocenters. The van der Waals surface area contributed by atoms with E-state index in [1.165, 1.54) is 13.5 Å². The first-order chi connectivity index (χ1) is 12.1. The highest BCUT2D eigenvalue weighted by Crippen LogP contribution is 2.42. The van der Waals surface area contributed by atoms with Crippen LogP contribution in [0.25, 0.3) is 0 Å². The fraction of sp³-hybridized carbons (Fsp3) is 0.579. The number of nitrogens with one attached hydrogen (secondary N) is 1. The SMILES string of the molecule is COC(=O)COc1ccc(NC(=O)C2CC3CCCC(C2)C3N)cc1.Cl. The highest BCUT2D eigenvalue weighted by atomic mass is 35.5. The summed E-state index contributed by atoms with van der Waals surface area (Å²) >= 11 is 0. The summed E-state index contributed by atoms with van der Waals surface area (Å²) < 4.78 is 9.82. The van der Waals surface area contributed by atoms with E-state index >= 15 is 0 Å². The maximum Gasteiger partial charge on any atom is 0.343 e. The van der Waals surface area contributed by atoms with Crippen molar-refractivity contribution in [3.63, 3.8) is 0 Å². The summed E-state index contributed by atoms with van der Waals surface area (Å²) in [5.41, 5.74) is 7.03. The molecule has 2 aliphatic carbocycles. The number of hydrogen-bond donors (Lipinski definition) is 2. The first-order valence-corrected chi connectivity index (χ1v) is 8.93. The highest BCUT2D eigenvalue weighted by Gasteiger charge is 2.40. The second kappa shape index (κ2) is 9.24. The van der Waals surface area contributed by atoms with Crippen LogP contribution in [-0.2, 0) is 14.3 Å². The summed E-state index contributed by atoms with van der Waals surface area (Å²) in [7, 11) is 1.32. The van der Waals surface area contributed by atoms with E-state index in [0.29, 0.717) is 17.6 Å². The lowest BCUT2D eigenvalue weighted by Crippen LogP contribution is -2.48. The Morgan fingerprint density at radius 1 is 1.15 bits per heavy atom. The van der Waals surface area contributed by atoms with E-state index in [2.05, 4.69) is 10.1 Å². The van der Waals surface area contributed by atoms with E-state index in [4.69, 9.17) is 10.5 Å². The van der Waals surface area contributed by atoms with Crippen LogP contribution in [0.1, 0.15) is 32.1 Å². The predicted molar refractivity (Wildman–Crippen MR) is 101 cm³/mol. The van der Waals surface area contributed by atoms with E-state index in [0.717, 1.165) is 31.4 Å². The van der Waals surface area contributed by atoms with Gasteiger partial charge in [-0.1, -0.05) is 6.42 Å². The Morgan fingerprint density at radius 2 is 1.77 bits per heavy atom. The molecule has 1 aromatic rings. The lowest BCUT2D eigenvalue weighted by Gasteiger charge is -2.43. The molecule has 0 radical (unpaired) electrons. The van der Waals surface area contributed by atoms with Gasteiger partial charge in [-0.2, -0.15) is 0 Å². The number of hydrogen-bond acceptors (Lipinski definition) is 5. The van der Waals surface area contributed by atoms with Crippen molar-refractivity contribution in [2.75, 3.05) is 19.0 Å². The lowest BCUT2D eigenvalue weighted by atomic mass is 9.65. The summed E-state index contributed by atoms with van der Waals surface area (Å²) in [5, 5.41) is 2.99. The summed E-state index contributed by atoms with van der Waals surface area (Å²) in [4.78, 5) is 23.7. The molecule has 2 fully saturated rings. The zero-order chi connectivity index (χ0) is 17.8. The summed E-state index contributed by atoms with van der Waals surface area (Å²) in [6.07, 6.45) is 5.32. The second-order valence-electron chi connectivity index (χ2n) is 7.08. The molecule has 1 amide bonds. The van der Waals surface area contributed by atoms with Crippen LogP contribution in [0.3, 0.4) is 0 Å². The van der Waals surface area contributed by atoms with Crippen LogP contribution in [-0.4, -0.2) is 31.6 Å². The molecular weight excluding hydrogens is 356 g/mol. The Morgan fingerprint density at radius 3 is 2.35 bits per heavy atom. The number of fused-ring (bicyclic) bond motifs is 2. The Hall–Kier alpha value is -1.79. The molecule has 2 unspecified atom stereocenters. The molecule has 2 saturated carbocycles. The Bertz CT molecular complexity index is 608. The minimum absolute atomic E-state index is 0. The van der Waals surface area contributed by atoms with Gasteiger partial charge in [-0.25, -0.2) is 4.79 Å². The van der Waals surface area contributed by atoms with Crippen LogP contribution in [0.15, 0.2) is 24.3 Å². The number of methoxy groups -OCH3 is 1. The third-order valence-corrected chi connectivity index (χ3v) is 5.49. The smallest absolute Gasteiger partial charge is 0.343 e. The molecule has 0 aromatic heterocycles. The van der Waals surface area contributed by atoms with Crippen molar-refractivity contribution in [1.82, 2.24) is 0 Å². The zero-order valence-corrected chi connectivity index (χ0v) is 15.8. The molecule has 0 saturated heterocycles. The molecule has 0 spiro atoms. The molecule has 3 rings (SSSR count). The predicted octanol–water partition coefficient (Wildman–Crippen LogP) is 2.75. The molecule has 6 nitrogen and oxygen atoms in total. The molecule has 144 valence electrons. The fourth-order valence-corrected chi connectivity index (χ4v) is 4.08. The van der Waals surface area contributed by atoms with Crippen LogP contribution in [0.2, 0.25) is 0 Å². The topological polar surface area (TPSA) is 90.6 Å². The number of carbonyl (C=O) groups excluding carboxylic acids is 2. The van der Waals surface area contributed by atoms with Gasteiger partial charge in [0.2, 0.25) is 5.91 Å². The molecule has 7 heteroatoms. The third kappa shape index (κ3) is 4.89. The van der Waals surface area contributed by atoms with E-state index in [1.54, 1.807) is 24.3 Å². The number of halogens is 1. The average molecular weight is 383 g/mol. The number of carbonyl (C=O) groups is 2. The van der Waals surface area contributed by atoms with Gasteiger partial charge in [0.25, 0.3) is 0 Å². The maximum absolute atomic E-state index is 12.6. The largest absolute Gasteiger partial charge is 0.482 e. The molecule has 0 aliphatic heterocycles. The van der Waals surface area contributed by atoms with Crippen molar-refractivity contribution in [3.05, 3.63) is 24.3 Å². The van der Waals surface area contributed by atoms with E-state index in [1.807, 2.05) is 0 Å². The van der Waals surface area contributed by atoms with E-state index < -0.39 is 5.97 Å². The minimum Gasteiger partial charge on any atom is -0.482 e. The standard InChI is InChI=1S/C19H26N2O4.ClH/c1-24-17(22)11-25-16-7-5-15(6-8-16)21-19(23)14-9-12-3-2-4-13(10-14)18(12)20;/h5-8,12-14,18H,2-4,9-11,20H2,1H3,(H,21,23);1H. The van der Waals surface area contributed by atoms with Crippen LogP contribution < -0.4 is 15.8 Å². The number of amides is 1. The number of benzene rings is 1. The summed E-state index contributed by atoms with van der Waals surface area (Å²) in [6, 6.07) is 7.28.